The van der Waals surface area contributed by atoms with Crippen LogP contribution in [0.2, 0.25) is 0 Å². The summed E-state index contributed by atoms with van der Waals surface area (Å²) in [5, 5.41) is 20.2. The summed E-state index contributed by atoms with van der Waals surface area (Å²) in [5.74, 6) is -1.78. The normalized spacial score (nSPS) is 22.4. The van der Waals surface area contributed by atoms with Gasteiger partial charge in [0.15, 0.2) is 17.5 Å². The van der Waals surface area contributed by atoms with Gasteiger partial charge in [-0.3, -0.25) is 0 Å². The Morgan fingerprint density at radius 2 is 1.82 bits per heavy atom. The van der Waals surface area contributed by atoms with Crippen molar-refractivity contribution in [3.05, 3.63) is 48.3 Å². The van der Waals surface area contributed by atoms with Crippen molar-refractivity contribution in [2.24, 2.45) is 0 Å². The van der Waals surface area contributed by atoms with Crippen molar-refractivity contribution in [3.8, 4) is 28.3 Å². The van der Waals surface area contributed by atoms with Crippen LogP contribution < -0.4 is 5.73 Å². The van der Waals surface area contributed by atoms with E-state index in [0.29, 0.717) is 34.9 Å². The number of pyridine rings is 1. The monoisotopic (exact) mass is 464 g/mol. The third-order valence-corrected chi connectivity index (χ3v) is 7.04. The molecule has 2 aliphatic rings. The van der Waals surface area contributed by atoms with E-state index in [9.17, 15) is 8.78 Å². The second kappa shape index (κ2) is 7.90. The van der Waals surface area contributed by atoms with Gasteiger partial charge in [-0.15, -0.1) is 10.2 Å². The van der Waals surface area contributed by atoms with Gasteiger partial charge in [-0.25, -0.2) is 18.4 Å². The van der Waals surface area contributed by atoms with Crippen LogP contribution in [0.25, 0.3) is 28.3 Å². The molecule has 0 radical (unpaired) electrons. The molecule has 0 amide bonds. The maximum absolute atomic E-state index is 14.4. The summed E-state index contributed by atoms with van der Waals surface area (Å²) in [6, 6.07) is 7.00. The van der Waals surface area contributed by atoms with Crippen LogP contribution in [0.5, 0.6) is 0 Å². The van der Waals surface area contributed by atoms with E-state index in [1.165, 1.54) is 25.0 Å². The third-order valence-electron chi connectivity index (χ3n) is 7.04. The van der Waals surface area contributed by atoms with E-state index < -0.39 is 11.6 Å². The SMILES string of the molecule is CN1C2CCC1CC(n1cc(-c3cnc(N)c(-c4nnnn4-c4cccc(F)c4F)c3)nn1)C2. The number of hydrogen-bond acceptors (Lipinski definition) is 8. The minimum Gasteiger partial charge on any atom is -0.383 e. The lowest BCUT2D eigenvalue weighted by Crippen LogP contribution is -2.40. The zero-order valence-electron chi connectivity index (χ0n) is 18.4. The Kier molecular flexibility index (Phi) is 4.83. The predicted molar refractivity (Wildman–Crippen MR) is 119 cm³/mol. The van der Waals surface area contributed by atoms with Crippen LogP contribution >= 0.6 is 0 Å². The van der Waals surface area contributed by atoms with Crippen molar-refractivity contribution in [1.82, 2.24) is 45.1 Å². The van der Waals surface area contributed by atoms with Crippen LogP contribution in [0.3, 0.4) is 0 Å². The molecule has 12 heteroatoms. The van der Waals surface area contributed by atoms with Gasteiger partial charge in [-0.05, 0) is 61.4 Å². The number of nitrogen functional groups attached to an aromatic ring is 1. The Balaban J connectivity index is 1.34. The lowest BCUT2D eigenvalue weighted by Gasteiger charge is -2.36. The Morgan fingerprint density at radius 3 is 2.62 bits per heavy atom. The summed E-state index contributed by atoms with van der Waals surface area (Å²) in [6.07, 6.45) is 8.07. The van der Waals surface area contributed by atoms with Crippen LogP contribution in [0.4, 0.5) is 14.6 Å². The fourth-order valence-corrected chi connectivity index (χ4v) is 5.15. The van der Waals surface area contributed by atoms with Gasteiger partial charge in [-0.2, -0.15) is 4.68 Å². The molecule has 2 saturated heterocycles. The Labute approximate surface area is 193 Å². The summed E-state index contributed by atoms with van der Waals surface area (Å²) >= 11 is 0. The average molecular weight is 464 g/mol. The van der Waals surface area contributed by atoms with Gasteiger partial charge < -0.3 is 10.6 Å². The highest BCUT2D eigenvalue weighted by Gasteiger charge is 2.39. The van der Waals surface area contributed by atoms with E-state index in [2.05, 4.69) is 42.8 Å². The van der Waals surface area contributed by atoms with Gasteiger partial charge >= 0.3 is 0 Å². The van der Waals surface area contributed by atoms with Gasteiger partial charge in [0, 0.05) is 23.8 Å². The molecular weight excluding hydrogens is 442 g/mol. The molecule has 2 fully saturated rings. The van der Waals surface area contributed by atoms with E-state index in [4.69, 9.17) is 5.73 Å². The molecule has 4 aromatic rings. The fraction of sp³-hybridized carbons (Fsp3) is 0.364. The summed E-state index contributed by atoms with van der Waals surface area (Å²) in [5.41, 5.74) is 7.66. The van der Waals surface area contributed by atoms with Gasteiger partial charge in [0.1, 0.15) is 17.2 Å². The molecule has 0 spiro atoms. The highest BCUT2D eigenvalue weighted by Crippen LogP contribution is 2.39. The van der Waals surface area contributed by atoms with E-state index in [1.54, 1.807) is 12.3 Å². The molecule has 2 atom stereocenters. The summed E-state index contributed by atoms with van der Waals surface area (Å²) < 4.78 is 31.2. The lowest BCUT2D eigenvalue weighted by atomic mass is 9.98. The molecule has 2 bridgehead atoms. The number of hydrogen-bond donors (Lipinski definition) is 1. The molecule has 34 heavy (non-hydrogen) atoms. The molecule has 0 aliphatic carbocycles. The molecule has 174 valence electrons. The summed E-state index contributed by atoms with van der Waals surface area (Å²) in [4.78, 5) is 6.75. The zero-order valence-corrected chi connectivity index (χ0v) is 18.4. The van der Waals surface area contributed by atoms with E-state index in [0.717, 1.165) is 23.6 Å². The number of anilines is 1. The van der Waals surface area contributed by atoms with Gasteiger partial charge in [0.2, 0.25) is 0 Å². The smallest absolute Gasteiger partial charge is 0.190 e. The Morgan fingerprint density at radius 1 is 1.03 bits per heavy atom. The number of fused-ring (bicyclic) bond motifs is 2. The first kappa shape index (κ1) is 20.8. The first-order valence-corrected chi connectivity index (χ1v) is 11.1. The average Bonchev–Trinajstić information content (AvgIpc) is 3.55. The third kappa shape index (κ3) is 3.33. The largest absolute Gasteiger partial charge is 0.383 e. The Hall–Kier alpha value is -3.80. The molecule has 2 N–H and O–H groups in total. The van der Waals surface area contributed by atoms with E-state index >= 15 is 0 Å². The molecular formula is C22H22F2N10. The number of piperidine rings is 1. The van der Waals surface area contributed by atoms with Crippen molar-refractivity contribution in [1.29, 1.82) is 0 Å². The molecule has 2 unspecified atom stereocenters. The predicted octanol–water partition coefficient (Wildman–Crippen LogP) is 2.64. The number of nitrogens with two attached hydrogens (primary N) is 1. The van der Waals surface area contributed by atoms with Gasteiger partial charge in [0.05, 0.1) is 17.8 Å². The molecule has 6 rings (SSSR count). The number of nitrogens with zero attached hydrogens (tertiary/aromatic N) is 9. The first-order valence-electron chi connectivity index (χ1n) is 11.1. The van der Waals surface area contributed by atoms with E-state index in [1.807, 2.05) is 10.9 Å². The zero-order chi connectivity index (χ0) is 23.4. The molecule has 10 nitrogen and oxygen atoms in total. The fourth-order valence-electron chi connectivity index (χ4n) is 5.15. The topological polar surface area (TPSA) is 116 Å². The number of halogens is 2. The van der Waals surface area contributed by atoms with Crippen molar-refractivity contribution in [2.75, 3.05) is 12.8 Å². The lowest BCUT2D eigenvalue weighted by molar-refractivity contribution is 0.130. The van der Waals surface area contributed by atoms with Crippen LogP contribution in [0.15, 0.2) is 36.7 Å². The number of benzene rings is 1. The molecule has 1 aromatic carbocycles. The minimum absolute atomic E-state index is 0.132. The standard InChI is InChI=1S/C22H22F2N10/c1-32-13-5-6-14(32)9-15(8-13)33-11-18(27-30-33)12-7-16(21(25)26-10-12)22-28-29-31-34(22)19-4-2-3-17(23)20(19)24/h2-4,7,10-11,13-15H,5-6,8-9H2,1H3,(H2,25,26). The van der Waals surface area contributed by atoms with E-state index in [-0.39, 0.29) is 17.3 Å². The maximum Gasteiger partial charge on any atom is 0.190 e. The highest BCUT2D eigenvalue weighted by molar-refractivity contribution is 5.75. The second-order valence-corrected chi connectivity index (χ2v) is 8.90. The molecule has 0 saturated carbocycles. The van der Waals surface area contributed by atoms with Crippen LogP contribution in [0.1, 0.15) is 31.7 Å². The Bertz CT molecular complexity index is 1350. The second-order valence-electron chi connectivity index (χ2n) is 8.90. The van der Waals surface area contributed by atoms with Crippen molar-refractivity contribution >= 4 is 5.82 Å². The molecule has 2 aliphatic heterocycles. The maximum atomic E-state index is 14.4. The van der Waals surface area contributed by atoms with Crippen LogP contribution in [-0.4, -0.2) is 64.2 Å². The molecule has 3 aromatic heterocycles. The quantitative estimate of drug-likeness (QED) is 0.490. The number of tetrazole rings is 1. The van der Waals surface area contributed by atoms with Crippen molar-refractivity contribution in [2.45, 2.75) is 43.8 Å². The van der Waals surface area contributed by atoms with Crippen LogP contribution in [0, 0.1) is 11.6 Å². The first-order chi connectivity index (χ1) is 16.5. The summed E-state index contributed by atoms with van der Waals surface area (Å²) in [7, 11) is 2.20. The highest BCUT2D eigenvalue weighted by atomic mass is 19.2. The number of rotatable bonds is 4. The molecule has 5 heterocycles. The minimum atomic E-state index is -1.06. The summed E-state index contributed by atoms with van der Waals surface area (Å²) in [6.45, 7) is 0. The van der Waals surface area contributed by atoms with Crippen molar-refractivity contribution in [3.63, 3.8) is 0 Å². The number of aromatic nitrogens is 8. The van der Waals surface area contributed by atoms with Gasteiger partial charge in [-0.1, -0.05) is 11.3 Å². The van der Waals surface area contributed by atoms with Crippen LogP contribution in [-0.2, 0) is 0 Å². The van der Waals surface area contributed by atoms with Crippen molar-refractivity contribution < 1.29 is 8.78 Å². The van der Waals surface area contributed by atoms with Gasteiger partial charge in [0.25, 0.3) is 0 Å².